The van der Waals surface area contributed by atoms with Gasteiger partial charge in [-0.25, -0.2) is 0 Å². The molecular weight excluding hydrogens is 614 g/mol. The van der Waals surface area contributed by atoms with E-state index in [-0.39, 0.29) is 30.1 Å². The predicted molar refractivity (Wildman–Crippen MR) is 158 cm³/mol. The molecule has 2 aliphatic heterocycles. The van der Waals surface area contributed by atoms with Crippen LogP contribution in [0.4, 0.5) is 0 Å². The van der Waals surface area contributed by atoms with E-state index in [9.17, 15) is 35.4 Å². The third-order valence-corrected chi connectivity index (χ3v) is 8.05. The molecule has 10 atom stereocenters. The summed E-state index contributed by atoms with van der Waals surface area (Å²) < 4.78 is 28.1. The van der Waals surface area contributed by atoms with Crippen molar-refractivity contribution in [2.45, 2.75) is 81.8 Å². The van der Waals surface area contributed by atoms with Gasteiger partial charge in [0.05, 0.1) is 12.2 Å². The van der Waals surface area contributed by atoms with Gasteiger partial charge in [-0.2, -0.15) is 0 Å². The second-order valence-corrected chi connectivity index (χ2v) is 11.6. The number of ether oxygens (including phenoxy) is 5. The number of aromatic hydroxyl groups is 1. The second kappa shape index (κ2) is 14.0. The minimum atomic E-state index is -1.41. The smallest absolute Gasteiger partial charge is 0.250 e. The van der Waals surface area contributed by atoms with Crippen LogP contribution >= 0.6 is 11.6 Å². The molecule has 14 heteroatoms. The number of carbonyl (C=O) groups excluding carboxylic acids is 1. The lowest BCUT2D eigenvalue weighted by atomic mass is 9.87. The molecule has 1 unspecified atom stereocenters. The van der Waals surface area contributed by atoms with Gasteiger partial charge in [0.1, 0.15) is 49.0 Å². The van der Waals surface area contributed by atoms with Gasteiger partial charge in [0.2, 0.25) is 12.7 Å². The molecule has 2 heterocycles. The number of phenolic OH excluding ortho intramolecular Hbond substituents is 1. The molecule has 2 aromatic rings. The minimum absolute atomic E-state index is 0.0215. The van der Waals surface area contributed by atoms with Gasteiger partial charge in [0.15, 0.2) is 11.5 Å². The van der Waals surface area contributed by atoms with Crippen LogP contribution in [0.15, 0.2) is 59.7 Å². The van der Waals surface area contributed by atoms with Crippen molar-refractivity contribution in [3.8, 4) is 17.2 Å². The standard InChI is InChI=1S/C31H36ClNO12/c1-14(8-9-41-18-5-3-4-17(32)12-18)26-24(38)25(39)30(43-26)42-22-7-6-16(11-19(22)34)10-15(2)29(40)33-31-44-27-21(36)13-20(35)23(37)28(27)45-31/h3-8,10-12,20-21,23-28,30-31,34-39H,9,13H2,1-2H3,(H,33,40)/t20-,21+,23+,24-,25-,26+,27-,28+,30+,31?/m0/s1. The number of aliphatic hydroxyl groups is 5. The number of hydrogen-bond donors (Lipinski definition) is 7. The zero-order valence-corrected chi connectivity index (χ0v) is 25.2. The SMILES string of the molecule is CC(=Cc1ccc(O[C@@H]2O[C@H](C(C)=CCOc3cccc(Cl)c3)[C@@H](O)[C@@H]2O)c(O)c1)C(=O)NC1O[C@@H]2[C@H](O)[C@@H](O)C[C@@H](O)[C@@H]2O1. The van der Waals surface area contributed by atoms with Crippen molar-refractivity contribution in [1.82, 2.24) is 5.32 Å². The van der Waals surface area contributed by atoms with Gasteiger partial charge in [0, 0.05) is 17.0 Å². The lowest BCUT2D eigenvalue weighted by Crippen LogP contribution is -2.54. The Bertz CT molecular complexity index is 1440. The third-order valence-electron chi connectivity index (χ3n) is 7.81. The van der Waals surface area contributed by atoms with Crippen LogP contribution in [-0.4, -0.2) is 105 Å². The summed E-state index contributed by atoms with van der Waals surface area (Å²) in [5.74, 6) is -0.331. The molecule has 3 fully saturated rings. The highest BCUT2D eigenvalue weighted by Crippen LogP contribution is 2.34. The van der Waals surface area contributed by atoms with Crippen molar-refractivity contribution in [1.29, 1.82) is 0 Å². The number of hydrogen-bond acceptors (Lipinski definition) is 12. The minimum Gasteiger partial charge on any atom is -0.504 e. The highest BCUT2D eigenvalue weighted by atomic mass is 35.5. The number of amides is 1. The van der Waals surface area contributed by atoms with E-state index in [0.29, 0.717) is 21.9 Å². The Morgan fingerprint density at radius 1 is 0.978 bits per heavy atom. The molecular formula is C31H36ClNO12. The first-order chi connectivity index (χ1) is 21.4. The molecule has 3 aliphatic rings. The van der Waals surface area contributed by atoms with E-state index in [1.54, 1.807) is 43.3 Å². The zero-order chi connectivity index (χ0) is 32.4. The van der Waals surface area contributed by atoms with Gasteiger partial charge >= 0.3 is 0 Å². The van der Waals surface area contributed by atoms with Crippen LogP contribution in [0.2, 0.25) is 5.02 Å². The van der Waals surface area contributed by atoms with Crippen molar-refractivity contribution >= 4 is 23.6 Å². The maximum atomic E-state index is 12.7. The molecule has 0 aromatic heterocycles. The maximum Gasteiger partial charge on any atom is 0.250 e. The van der Waals surface area contributed by atoms with Crippen molar-refractivity contribution in [2.24, 2.45) is 0 Å². The average Bonchev–Trinajstić information content (AvgIpc) is 3.54. The topological polar surface area (TPSA) is 197 Å². The summed E-state index contributed by atoms with van der Waals surface area (Å²) in [6, 6.07) is 11.2. The van der Waals surface area contributed by atoms with Crippen molar-refractivity contribution < 1.29 is 59.1 Å². The molecule has 1 aliphatic carbocycles. The summed E-state index contributed by atoms with van der Waals surface area (Å²) in [5, 5.41) is 64.9. The molecule has 1 amide bonds. The van der Waals surface area contributed by atoms with E-state index < -0.39 is 67.4 Å². The summed E-state index contributed by atoms with van der Waals surface area (Å²) in [4.78, 5) is 12.7. The average molecular weight is 650 g/mol. The van der Waals surface area contributed by atoms with Crippen molar-refractivity contribution in [3.63, 3.8) is 0 Å². The predicted octanol–water partition coefficient (Wildman–Crippen LogP) is 0.970. The molecule has 5 rings (SSSR count). The summed E-state index contributed by atoms with van der Waals surface area (Å²) in [6.07, 6.45) is -8.45. The summed E-state index contributed by atoms with van der Waals surface area (Å²) in [6.45, 7) is 3.41. The molecule has 244 valence electrons. The number of fused-ring (bicyclic) bond motifs is 1. The van der Waals surface area contributed by atoms with E-state index in [4.69, 9.17) is 35.3 Å². The normalized spacial score (nSPS) is 33.5. The molecule has 0 radical (unpaired) electrons. The second-order valence-electron chi connectivity index (χ2n) is 11.2. The van der Waals surface area contributed by atoms with Crippen LogP contribution in [0.5, 0.6) is 17.2 Å². The maximum absolute atomic E-state index is 12.7. The van der Waals surface area contributed by atoms with E-state index in [2.05, 4.69) is 5.32 Å². The largest absolute Gasteiger partial charge is 0.504 e. The van der Waals surface area contributed by atoms with Crippen LogP contribution in [0.1, 0.15) is 25.8 Å². The summed E-state index contributed by atoms with van der Waals surface area (Å²) in [5.41, 5.74) is 1.26. The number of halogens is 1. The first-order valence-corrected chi connectivity index (χ1v) is 14.7. The number of benzene rings is 2. The van der Waals surface area contributed by atoms with E-state index in [0.717, 1.165) is 0 Å². The van der Waals surface area contributed by atoms with Crippen LogP contribution in [0.25, 0.3) is 6.08 Å². The fourth-order valence-corrected chi connectivity index (χ4v) is 5.49. The number of aliphatic hydroxyl groups excluding tert-OH is 5. The van der Waals surface area contributed by atoms with Gasteiger partial charge < -0.3 is 59.6 Å². The van der Waals surface area contributed by atoms with Crippen molar-refractivity contribution in [2.75, 3.05) is 6.61 Å². The van der Waals surface area contributed by atoms with Crippen LogP contribution < -0.4 is 14.8 Å². The molecule has 0 bridgehead atoms. The highest BCUT2D eigenvalue weighted by Gasteiger charge is 2.51. The van der Waals surface area contributed by atoms with Gasteiger partial charge in [0.25, 0.3) is 5.91 Å². The molecule has 7 N–H and O–H groups in total. The fraction of sp³-hybridized carbons (Fsp3) is 0.452. The van der Waals surface area contributed by atoms with Crippen LogP contribution in [-0.2, 0) is 19.0 Å². The number of nitrogens with one attached hydrogen (secondary N) is 1. The Labute approximate surface area is 263 Å². The number of carbonyl (C=O) groups is 1. The number of rotatable bonds is 9. The molecule has 45 heavy (non-hydrogen) atoms. The fourth-order valence-electron chi connectivity index (χ4n) is 5.31. The first-order valence-electron chi connectivity index (χ1n) is 14.3. The quantitative estimate of drug-likeness (QED) is 0.150. The van der Waals surface area contributed by atoms with E-state index in [1.807, 2.05) is 0 Å². The molecule has 0 spiro atoms. The highest BCUT2D eigenvalue weighted by molar-refractivity contribution is 6.30. The summed E-state index contributed by atoms with van der Waals surface area (Å²) >= 11 is 5.97. The van der Waals surface area contributed by atoms with Gasteiger partial charge in [-0.3, -0.25) is 4.79 Å². The lowest BCUT2D eigenvalue weighted by molar-refractivity contribution is -0.140. The Morgan fingerprint density at radius 3 is 2.47 bits per heavy atom. The molecule has 2 aromatic carbocycles. The van der Waals surface area contributed by atoms with Gasteiger partial charge in [-0.1, -0.05) is 23.7 Å². The van der Waals surface area contributed by atoms with Gasteiger partial charge in [-0.15, -0.1) is 0 Å². The molecule has 1 saturated carbocycles. The summed E-state index contributed by atoms with van der Waals surface area (Å²) in [7, 11) is 0. The Morgan fingerprint density at radius 2 is 1.73 bits per heavy atom. The molecule has 2 saturated heterocycles. The van der Waals surface area contributed by atoms with E-state index in [1.165, 1.54) is 25.1 Å². The van der Waals surface area contributed by atoms with E-state index >= 15 is 0 Å². The third kappa shape index (κ3) is 7.60. The van der Waals surface area contributed by atoms with Crippen molar-refractivity contribution in [3.05, 3.63) is 70.3 Å². The Balaban J connectivity index is 1.15. The lowest BCUT2D eigenvalue weighted by Gasteiger charge is -2.34. The molecule has 13 nitrogen and oxygen atoms in total. The monoisotopic (exact) mass is 649 g/mol. The Hall–Kier alpha value is -3.24. The zero-order valence-electron chi connectivity index (χ0n) is 24.4. The first kappa shape index (κ1) is 33.1. The van der Waals surface area contributed by atoms with Crippen LogP contribution in [0.3, 0.4) is 0 Å². The number of phenols is 1. The Kier molecular flexibility index (Phi) is 10.3. The van der Waals surface area contributed by atoms with Gasteiger partial charge in [-0.05, 0) is 67.5 Å². The van der Waals surface area contributed by atoms with Crippen LogP contribution in [0, 0.1) is 0 Å².